The van der Waals surface area contributed by atoms with Crippen molar-refractivity contribution in [3.8, 4) is 0 Å². The van der Waals surface area contributed by atoms with Gasteiger partial charge < -0.3 is 15.2 Å². The fourth-order valence-corrected chi connectivity index (χ4v) is 1.30. The second kappa shape index (κ2) is 9.24. The summed E-state index contributed by atoms with van der Waals surface area (Å²) < 4.78 is 11.2. The Bertz CT molecular complexity index is 240. The fourth-order valence-electron chi connectivity index (χ4n) is 1.30. The zero-order valence-electron chi connectivity index (χ0n) is 11.1. The number of nitrogens with zero attached hydrogens (tertiary/aromatic N) is 3. The van der Waals surface area contributed by atoms with Crippen LogP contribution in [-0.2, 0) is 9.47 Å². The van der Waals surface area contributed by atoms with Crippen molar-refractivity contribution in [1.82, 2.24) is 0 Å². The van der Waals surface area contributed by atoms with Gasteiger partial charge in [0.15, 0.2) is 0 Å². The highest BCUT2D eigenvalue weighted by Gasteiger charge is 2.18. The van der Waals surface area contributed by atoms with Crippen LogP contribution in [0.4, 0.5) is 0 Å². The molecule has 6 heteroatoms. The first-order chi connectivity index (χ1) is 8.02. The van der Waals surface area contributed by atoms with Crippen LogP contribution in [0.25, 0.3) is 10.4 Å². The van der Waals surface area contributed by atoms with Crippen molar-refractivity contribution in [2.45, 2.75) is 45.3 Å². The Morgan fingerprint density at radius 1 is 1.41 bits per heavy atom. The van der Waals surface area contributed by atoms with Crippen molar-refractivity contribution in [3.63, 3.8) is 0 Å². The molecule has 0 aromatic heterocycles. The number of hydrogen-bond donors (Lipinski definition) is 1. The van der Waals surface area contributed by atoms with E-state index in [0.717, 1.165) is 12.8 Å². The third-order valence-corrected chi connectivity index (χ3v) is 2.43. The van der Waals surface area contributed by atoms with Crippen molar-refractivity contribution in [1.29, 1.82) is 0 Å². The van der Waals surface area contributed by atoms with E-state index in [2.05, 4.69) is 10.0 Å². The summed E-state index contributed by atoms with van der Waals surface area (Å²) in [6.07, 6.45) is 1.87. The molecule has 17 heavy (non-hydrogen) atoms. The third-order valence-electron chi connectivity index (χ3n) is 2.43. The van der Waals surface area contributed by atoms with Gasteiger partial charge in [0.05, 0.1) is 18.3 Å². The lowest BCUT2D eigenvalue weighted by molar-refractivity contribution is -0.0464. The average Bonchev–Trinajstić information content (AvgIpc) is 2.24. The molecule has 100 valence electrons. The molecular weight excluding hydrogens is 220 g/mol. The summed E-state index contributed by atoms with van der Waals surface area (Å²) in [5.74, 6) is 0. The molecule has 0 bridgehead atoms. The fraction of sp³-hybridized carbons (Fsp3) is 1.00. The molecule has 0 radical (unpaired) electrons. The summed E-state index contributed by atoms with van der Waals surface area (Å²) >= 11 is 0. The maximum absolute atomic E-state index is 8.12. The van der Waals surface area contributed by atoms with Gasteiger partial charge in [-0.1, -0.05) is 5.11 Å². The van der Waals surface area contributed by atoms with E-state index in [1.165, 1.54) is 0 Å². The molecule has 0 aromatic rings. The summed E-state index contributed by atoms with van der Waals surface area (Å²) in [4.78, 5) is 2.67. The van der Waals surface area contributed by atoms with Crippen LogP contribution in [0.2, 0.25) is 0 Å². The molecule has 0 aliphatic heterocycles. The van der Waals surface area contributed by atoms with Gasteiger partial charge in [-0.05, 0) is 45.7 Å². The first-order valence-corrected chi connectivity index (χ1v) is 5.98. The summed E-state index contributed by atoms with van der Waals surface area (Å²) in [7, 11) is 0. The molecule has 0 aliphatic rings. The molecule has 0 spiro atoms. The lowest BCUT2D eigenvalue weighted by Gasteiger charge is -2.25. The SMILES string of the molecule is CC(CCN)OCCC(C)(C)OCCN=[N+]=[N-]. The Morgan fingerprint density at radius 3 is 2.71 bits per heavy atom. The van der Waals surface area contributed by atoms with Crippen LogP contribution in [0.3, 0.4) is 0 Å². The minimum atomic E-state index is -0.257. The van der Waals surface area contributed by atoms with E-state index in [4.69, 9.17) is 20.7 Å². The smallest absolute Gasteiger partial charge is 0.0648 e. The number of azide groups is 1. The first-order valence-electron chi connectivity index (χ1n) is 5.98. The van der Waals surface area contributed by atoms with Gasteiger partial charge in [0.2, 0.25) is 0 Å². The minimum absolute atomic E-state index is 0.194. The molecule has 0 heterocycles. The molecule has 0 amide bonds. The quantitative estimate of drug-likeness (QED) is 0.276. The maximum atomic E-state index is 8.12. The number of hydrogen-bond acceptors (Lipinski definition) is 4. The lowest BCUT2D eigenvalue weighted by atomic mass is 10.1. The first kappa shape index (κ1) is 16.2. The zero-order valence-corrected chi connectivity index (χ0v) is 11.1. The van der Waals surface area contributed by atoms with Gasteiger partial charge in [0.1, 0.15) is 0 Å². The maximum Gasteiger partial charge on any atom is 0.0648 e. The summed E-state index contributed by atoms with van der Waals surface area (Å²) in [6.45, 7) is 8.12. The molecule has 0 fully saturated rings. The topological polar surface area (TPSA) is 93.2 Å². The highest BCUT2D eigenvalue weighted by Crippen LogP contribution is 2.15. The van der Waals surface area contributed by atoms with E-state index in [9.17, 15) is 0 Å². The van der Waals surface area contributed by atoms with E-state index in [-0.39, 0.29) is 11.7 Å². The second-order valence-corrected chi connectivity index (χ2v) is 4.57. The number of rotatable bonds is 10. The van der Waals surface area contributed by atoms with Crippen LogP contribution in [-0.4, -0.2) is 38.0 Å². The van der Waals surface area contributed by atoms with Gasteiger partial charge in [-0.2, -0.15) is 0 Å². The average molecular weight is 244 g/mol. The number of ether oxygens (including phenoxy) is 2. The van der Waals surface area contributed by atoms with Gasteiger partial charge in [-0.3, -0.25) is 0 Å². The van der Waals surface area contributed by atoms with E-state index in [1.54, 1.807) is 0 Å². The van der Waals surface area contributed by atoms with Gasteiger partial charge in [-0.15, -0.1) is 0 Å². The van der Waals surface area contributed by atoms with E-state index in [1.807, 2.05) is 20.8 Å². The molecule has 0 aromatic carbocycles. The monoisotopic (exact) mass is 244 g/mol. The van der Waals surface area contributed by atoms with Crippen LogP contribution in [0.5, 0.6) is 0 Å². The molecule has 6 nitrogen and oxygen atoms in total. The van der Waals surface area contributed by atoms with E-state index >= 15 is 0 Å². The molecule has 1 atom stereocenters. The van der Waals surface area contributed by atoms with Crippen LogP contribution >= 0.6 is 0 Å². The Balaban J connectivity index is 3.65. The molecule has 0 rings (SSSR count). The second-order valence-electron chi connectivity index (χ2n) is 4.57. The summed E-state index contributed by atoms with van der Waals surface area (Å²) in [6, 6.07) is 0. The van der Waals surface area contributed by atoms with Gasteiger partial charge >= 0.3 is 0 Å². The van der Waals surface area contributed by atoms with E-state index < -0.39 is 0 Å². The van der Waals surface area contributed by atoms with Crippen LogP contribution in [0.1, 0.15) is 33.6 Å². The van der Waals surface area contributed by atoms with Gasteiger partial charge in [-0.25, -0.2) is 0 Å². The molecule has 2 N–H and O–H groups in total. The molecule has 0 saturated carbocycles. The van der Waals surface area contributed by atoms with Gasteiger partial charge in [0.25, 0.3) is 0 Å². The van der Waals surface area contributed by atoms with Crippen molar-refractivity contribution in [3.05, 3.63) is 10.4 Å². The van der Waals surface area contributed by atoms with Crippen molar-refractivity contribution in [2.24, 2.45) is 10.8 Å². The van der Waals surface area contributed by atoms with Gasteiger partial charge in [0, 0.05) is 18.1 Å². The zero-order chi connectivity index (χ0) is 13.1. The van der Waals surface area contributed by atoms with Crippen LogP contribution < -0.4 is 5.73 Å². The Hall–Kier alpha value is -0.810. The van der Waals surface area contributed by atoms with Crippen molar-refractivity contribution >= 4 is 0 Å². The molecule has 0 aliphatic carbocycles. The van der Waals surface area contributed by atoms with E-state index in [0.29, 0.717) is 26.3 Å². The van der Waals surface area contributed by atoms with Crippen LogP contribution in [0.15, 0.2) is 5.11 Å². The normalized spacial score (nSPS) is 13.2. The largest absolute Gasteiger partial charge is 0.378 e. The summed E-state index contributed by atoms with van der Waals surface area (Å²) in [5.41, 5.74) is 13.3. The lowest BCUT2D eigenvalue weighted by Crippen LogP contribution is -2.28. The Kier molecular flexibility index (Phi) is 8.80. The molecule has 0 saturated heterocycles. The highest BCUT2D eigenvalue weighted by molar-refractivity contribution is 4.68. The summed E-state index contributed by atoms with van der Waals surface area (Å²) in [5, 5.41) is 3.42. The third kappa shape index (κ3) is 10.1. The van der Waals surface area contributed by atoms with Crippen molar-refractivity contribution < 1.29 is 9.47 Å². The Labute approximate surface area is 103 Å². The standard InChI is InChI=1S/C11H24N4O2/c1-10(4-6-12)16-8-5-11(2,3)17-9-7-14-15-13/h10H,4-9,12H2,1-3H3. The predicted molar refractivity (Wildman–Crippen MR) is 67.7 cm³/mol. The minimum Gasteiger partial charge on any atom is -0.378 e. The highest BCUT2D eigenvalue weighted by atomic mass is 16.5. The molecular formula is C11H24N4O2. The van der Waals surface area contributed by atoms with Crippen LogP contribution in [0, 0.1) is 0 Å². The molecule has 1 unspecified atom stereocenters. The van der Waals surface area contributed by atoms with Crippen molar-refractivity contribution in [2.75, 3.05) is 26.3 Å². The number of nitrogens with two attached hydrogens (primary N) is 1. The predicted octanol–water partition coefficient (Wildman–Crippen LogP) is 2.24. The Morgan fingerprint density at radius 2 is 2.12 bits per heavy atom.